The van der Waals surface area contributed by atoms with Gasteiger partial charge in [0.1, 0.15) is 23.6 Å². The second kappa shape index (κ2) is 8.81. The minimum absolute atomic E-state index is 0.261. The number of hydrogen-bond donors (Lipinski definition) is 1. The summed E-state index contributed by atoms with van der Waals surface area (Å²) in [6.45, 7) is 0. The van der Waals surface area contributed by atoms with Crippen LogP contribution in [0.5, 0.6) is 17.2 Å². The Bertz CT molecular complexity index is 1360. The molecule has 0 unspecified atom stereocenters. The number of para-hydroxylation sites is 2. The molecular weight excluding hydrogens is 410 g/mol. The van der Waals surface area contributed by atoms with E-state index in [0.29, 0.717) is 45.1 Å². The second-order valence-corrected chi connectivity index (χ2v) is 6.84. The normalized spacial score (nSPS) is 10.6. The number of aromatic nitrogens is 2. The summed E-state index contributed by atoms with van der Waals surface area (Å²) in [6, 6.07) is 17.0. The predicted molar refractivity (Wildman–Crippen MR) is 121 cm³/mol. The molecule has 32 heavy (non-hydrogen) atoms. The van der Waals surface area contributed by atoms with Crippen LogP contribution in [0.2, 0.25) is 0 Å². The molecule has 0 saturated heterocycles. The van der Waals surface area contributed by atoms with Crippen LogP contribution in [-0.4, -0.2) is 36.8 Å². The van der Waals surface area contributed by atoms with E-state index >= 15 is 0 Å². The third kappa shape index (κ3) is 3.85. The van der Waals surface area contributed by atoms with Crippen LogP contribution < -0.4 is 25.1 Å². The van der Waals surface area contributed by atoms with Gasteiger partial charge >= 0.3 is 0 Å². The lowest BCUT2D eigenvalue weighted by Gasteiger charge is -2.12. The van der Waals surface area contributed by atoms with Crippen molar-refractivity contribution in [1.82, 2.24) is 9.55 Å². The summed E-state index contributed by atoms with van der Waals surface area (Å²) in [6.07, 6.45) is 1.43. The van der Waals surface area contributed by atoms with Gasteiger partial charge in [-0.2, -0.15) is 0 Å². The number of carbonyl (C=O) groups excluding carboxylic acids is 1. The SMILES string of the molecule is COc1ccc(NC(=O)c2ccc3c(=O)n(-c4ccccc4OC)cnc3c2)c(OC)c1. The van der Waals surface area contributed by atoms with Crippen LogP contribution in [-0.2, 0) is 0 Å². The predicted octanol–water partition coefficient (Wildman–Crippen LogP) is 3.66. The van der Waals surface area contributed by atoms with E-state index in [9.17, 15) is 9.59 Å². The Morgan fingerprint density at radius 2 is 1.69 bits per heavy atom. The summed E-state index contributed by atoms with van der Waals surface area (Å²) in [7, 11) is 4.61. The van der Waals surface area contributed by atoms with Crippen molar-refractivity contribution in [2.45, 2.75) is 0 Å². The maximum atomic E-state index is 13.1. The Labute approximate surface area is 184 Å². The topological polar surface area (TPSA) is 91.7 Å². The van der Waals surface area contributed by atoms with E-state index in [0.717, 1.165) is 0 Å². The van der Waals surface area contributed by atoms with Crippen LogP contribution in [0.15, 0.2) is 71.8 Å². The Morgan fingerprint density at radius 3 is 2.44 bits per heavy atom. The smallest absolute Gasteiger partial charge is 0.265 e. The Hall–Kier alpha value is -4.33. The van der Waals surface area contributed by atoms with Gasteiger partial charge < -0.3 is 19.5 Å². The van der Waals surface area contributed by atoms with E-state index in [1.54, 1.807) is 62.8 Å². The summed E-state index contributed by atoms with van der Waals surface area (Å²) in [5, 5.41) is 3.20. The second-order valence-electron chi connectivity index (χ2n) is 6.84. The van der Waals surface area contributed by atoms with Crippen molar-refractivity contribution < 1.29 is 19.0 Å². The molecule has 1 N–H and O–H groups in total. The van der Waals surface area contributed by atoms with Crippen molar-refractivity contribution in [2.75, 3.05) is 26.6 Å². The molecule has 0 fully saturated rings. The number of methoxy groups -OCH3 is 3. The molecule has 3 aromatic carbocycles. The minimum Gasteiger partial charge on any atom is -0.497 e. The summed E-state index contributed by atoms with van der Waals surface area (Å²) in [4.78, 5) is 30.2. The van der Waals surface area contributed by atoms with Crippen molar-refractivity contribution in [2.24, 2.45) is 0 Å². The van der Waals surface area contributed by atoms with Crippen LogP contribution in [0, 0.1) is 0 Å². The fraction of sp³-hybridized carbons (Fsp3) is 0.125. The van der Waals surface area contributed by atoms with Gasteiger partial charge in [-0.1, -0.05) is 12.1 Å². The first-order chi connectivity index (χ1) is 15.5. The zero-order valence-electron chi connectivity index (χ0n) is 17.8. The van der Waals surface area contributed by atoms with E-state index in [-0.39, 0.29) is 11.5 Å². The Morgan fingerprint density at radius 1 is 0.906 bits per heavy atom. The van der Waals surface area contributed by atoms with Crippen molar-refractivity contribution in [3.63, 3.8) is 0 Å². The van der Waals surface area contributed by atoms with Crippen LogP contribution in [0.1, 0.15) is 10.4 Å². The van der Waals surface area contributed by atoms with E-state index in [4.69, 9.17) is 14.2 Å². The first-order valence-electron chi connectivity index (χ1n) is 9.74. The molecule has 8 nitrogen and oxygen atoms in total. The van der Waals surface area contributed by atoms with Crippen LogP contribution in [0.4, 0.5) is 5.69 Å². The number of ether oxygens (including phenoxy) is 3. The molecule has 0 saturated carbocycles. The third-order valence-electron chi connectivity index (χ3n) is 5.02. The molecule has 1 heterocycles. The lowest BCUT2D eigenvalue weighted by Crippen LogP contribution is -2.20. The van der Waals surface area contributed by atoms with Crippen molar-refractivity contribution in [3.05, 3.63) is 82.9 Å². The first kappa shape index (κ1) is 20.9. The highest BCUT2D eigenvalue weighted by molar-refractivity contribution is 6.06. The maximum absolute atomic E-state index is 13.1. The number of nitrogens with one attached hydrogen (secondary N) is 1. The molecule has 0 spiro atoms. The largest absolute Gasteiger partial charge is 0.497 e. The van der Waals surface area contributed by atoms with Gasteiger partial charge in [-0.3, -0.25) is 14.2 Å². The van der Waals surface area contributed by atoms with Crippen molar-refractivity contribution >= 4 is 22.5 Å². The standard InChI is InChI=1S/C24H21N3O5/c1-30-16-9-11-18(22(13-16)32-3)26-23(28)15-8-10-17-19(12-15)25-14-27(24(17)29)20-6-4-5-7-21(20)31-2/h4-14H,1-3H3,(H,26,28). The van der Waals surface area contributed by atoms with Crippen LogP contribution in [0.25, 0.3) is 16.6 Å². The molecule has 1 aromatic heterocycles. The number of amides is 1. The van der Waals surface area contributed by atoms with Gasteiger partial charge in [0.15, 0.2) is 0 Å². The van der Waals surface area contributed by atoms with Gasteiger partial charge in [-0.25, -0.2) is 4.98 Å². The number of anilines is 1. The molecule has 0 atom stereocenters. The number of fused-ring (bicyclic) bond motifs is 1. The van der Waals surface area contributed by atoms with Gasteiger partial charge in [0.2, 0.25) is 0 Å². The fourth-order valence-electron chi connectivity index (χ4n) is 3.36. The molecule has 0 aliphatic heterocycles. The number of hydrogen-bond acceptors (Lipinski definition) is 6. The van der Waals surface area contributed by atoms with Crippen LogP contribution >= 0.6 is 0 Å². The maximum Gasteiger partial charge on any atom is 0.265 e. The van der Waals surface area contributed by atoms with Crippen LogP contribution in [0.3, 0.4) is 0 Å². The molecule has 0 bridgehead atoms. The zero-order valence-corrected chi connectivity index (χ0v) is 17.8. The fourth-order valence-corrected chi connectivity index (χ4v) is 3.36. The molecular formula is C24H21N3O5. The number of rotatable bonds is 6. The van der Waals surface area contributed by atoms with Gasteiger partial charge in [-0.15, -0.1) is 0 Å². The zero-order chi connectivity index (χ0) is 22.7. The lowest BCUT2D eigenvalue weighted by molar-refractivity contribution is 0.102. The number of carbonyl (C=O) groups is 1. The number of nitrogens with zero attached hydrogens (tertiary/aromatic N) is 2. The van der Waals surface area contributed by atoms with Crippen molar-refractivity contribution in [1.29, 1.82) is 0 Å². The molecule has 0 aliphatic rings. The Kier molecular flexibility index (Phi) is 5.76. The van der Waals surface area contributed by atoms with Gasteiger partial charge in [0, 0.05) is 11.6 Å². The van der Waals surface area contributed by atoms with E-state index in [1.807, 2.05) is 12.1 Å². The van der Waals surface area contributed by atoms with E-state index in [2.05, 4.69) is 10.3 Å². The van der Waals surface area contributed by atoms with E-state index < -0.39 is 0 Å². The molecule has 1 amide bonds. The number of benzene rings is 3. The summed E-state index contributed by atoms with van der Waals surface area (Å²) in [5.74, 6) is 1.28. The van der Waals surface area contributed by atoms with Crippen molar-refractivity contribution in [3.8, 4) is 22.9 Å². The average Bonchev–Trinajstić information content (AvgIpc) is 2.84. The summed E-state index contributed by atoms with van der Waals surface area (Å²) in [5.41, 5.74) is 1.59. The molecule has 162 valence electrons. The molecule has 4 aromatic rings. The minimum atomic E-state index is -0.355. The first-order valence-corrected chi connectivity index (χ1v) is 9.74. The summed E-state index contributed by atoms with van der Waals surface area (Å²) >= 11 is 0. The monoisotopic (exact) mass is 431 g/mol. The average molecular weight is 431 g/mol. The highest BCUT2D eigenvalue weighted by atomic mass is 16.5. The van der Waals surface area contributed by atoms with Gasteiger partial charge in [-0.05, 0) is 42.5 Å². The molecule has 4 rings (SSSR count). The molecule has 0 aliphatic carbocycles. The highest BCUT2D eigenvalue weighted by Gasteiger charge is 2.14. The van der Waals surface area contributed by atoms with E-state index in [1.165, 1.54) is 18.0 Å². The summed E-state index contributed by atoms with van der Waals surface area (Å²) < 4.78 is 17.3. The lowest BCUT2D eigenvalue weighted by atomic mass is 10.1. The highest BCUT2D eigenvalue weighted by Crippen LogP contribution is 2.29. The molecule has 0 radical (unpaired) electrons. The Balaban J connectivity index is 1.67. The van der Waals surface area contributed by atoms with Gasteiger partial charge in [0.25, 0.3) is 11.5 Å². The molecule has 8 heteroatoms. The third-order valence-corrected chi connectivity index (χ3v) is 5.02. The quantitative estimate of drug-likeness (QED) is 0.501. The van der Waals surface area contributed by atoms with Gasteiger partial charge in [0.05, 0.1) is 43.6 Å².